The van der Waals surface area contributed by atoms with Crippen LogP contribution in [-0.2, 0) is 0 Å². The molecule has 0 N–H and O–H groups in total. The van der Waals surface area contributed by atoms with Gasteiger partial charge in [-0.1, -0.05) is 43.4 Å². The highest BCUT2D eigenvalue weighted by Gasteiger charge is 2.40. The summed E-state index contributed by atoms with van der Waals surface area (Å²) in [5.74, 6) is 3.96. The lowest BCUT2D eigenvalue weighted by molar-refractivity contribution is 0.0361. The van der Waals surface area contributed by atoms with Gasteiger partial charge >= 0.3 is 0 Å². The van der Waals surface area contributed by atoms with E-state index in [9.17, 15) is 0 Å². The topological polar surface area (TPSA) is 0 Å². The second-order valence-electron chi connectivity index (χ2n) is 3.40. The second kappa shape index (κ2) is 2.77. The predicted octanol–water partition coefficient (Wildman–Crippen LogP) is 2.96. The van der Waals surface area contributed by atoms with Gasteiger partial charge in [0, 0.05) is 4.43 Å². The molecule has 1 saturated carbocycles. The van der Waals surface area contributed by atoms with E-state index in [2.05, 4.69) is 43.4 Å². The fourth-order valence-electron chi connectivity index (χ4n) is 1.87. The first kappa shape index (κ1) is 7.83. The van der Waals surface area contributed by atoms with Crippen molar-refractivity contribution >= 4 is 22.6 Å². The van der Waals surface area contributed by atoms with Crippen LogP contribution in [0.1, 0.15) is 20.8 Å². The summed E-state index contributed by atoms with van der Waals surface area (Å²) in [6.45, 7) is 7.14. The highest BCUT2D eigenvalue weighted by atomic mass is 127. The molecule has 1 heteroatoms. The molecule has 0 aliphatic heterocycles. The molecule has 2 unspecified atom stereocenters. The first-order chi connectivity index (χ1) is 4.18. The van der Waals surface area contributed by atoms with E-state index in [4.69, 9.17) is 0 Å². The molecule has 0 radical (unpaired) electrons. The highest BCUT2D eigenvalue weighted by molar-refractivity contribution is 14.1. The molecule has 9 heavy (non-hydrogen) atoms. The van der Waals surface area contributed by atoms with Crippen molar-refractivity contribution in [1.82, 2.24) is 0 Å². The maximum absolute atomic E-state index is 2.51. The zero-order valence-electron chi connectivity index (χ0n) is 6.39. The van der Waals surface area contributed by atoms with Crippen LogP contribution in [0.5, 0.6) is 0 Å². The summed E-state index contributed by atoms with van der Waals surface area (Å²) < 4.78 is 1.35. The van der Waals surface area contributed by atoms with Gasteiger partial charge in [-0.05, 0) is 23.7 Å². The molecule has 54 valence electrons. The molecule has 0 aromatic heterocycles. The van der Waals surface area contributed by atoms with Crippen LogP contribution in [-0.4, -0.2) is 4.43 Å². The van der Waals surface area contributed by atoms with Crippen molar-refractivity contribution < 1.29 is 0 Å². The average molecular weight is 238 g/mol. The van der Waals surface area contributed by atoms with Crippen LogP contribution in [0.3, 0.4) is 0 Å². The van der Waals surface area contributed by atoms with Crippen molar-refractivity contribution in [3.8, 4) is 0 Å². The van der Waals surface area contributed by atoms with Gasteiger partial charge < -0.3 is 0 Å². The zero-order valence-corrected chi connectivity index (χ0v) is 8.55. The maximum atomic E-state index is 2.51. The zero-order chi connectivity index (χ0) is 7.02. The molecule has 0 aromatic rings. The summed E-state index contributed by atoms with van der Waals surface area (Å²) in [5, 5.41) is 0. The Hall–Kier alpha value is 0.730. The molecule has 0 nitrogen and oxygen atoms in total. The van der Waals surface area contributed by atoms with Crippen molar-refractivity contribution in [2.24, 2.45) is 23.7 Å². The van der Waals surface area contributed by atoms with Crippen LogP contribution in [0.2, 0.25) is 0 Å². The SMILES string of the molecule is CC1[C@@H](C)C(CI)[C@H]1C. The number of hydrogen-bond acceptors (Lipinski definition) is 0. The molecule has 0 aromatic carbocycles. The molecule has 0 heterocycles. The van der Waals surface area contributed by atoms with Gasteiger partial charge in [-0.15, -0.1) is 0 Å². The fraction of sp³-hybridized carbons (Fsp3) is 1.00. The molecule has 1 fully saturated rings. The quantitative estimate of drug-likeness (QED) is 0.486. The molecule has 0 amide bonds. The summed E-state index contributed by atoms with van der Waals surface area (Å²) in [7, 11) is 0. The van der Waals surface area contributed by atoms with Crippen molar-refractivity contribution in [3.63, 3.8) is 0 Å². The third-order valence-electron chi connectivity index (χ3n) is 3.19. The Morgan fingerprint density at radius 2 is 1.44 bits per heavy atom. The fourth-order valence-corrected chi connectivity index (χ4v) is 3.48. The molecule has 1 aliphatic carbocycles. The van der Waals surface area contributed by atoms with Crippen molar-refractivity contribution in [1.29, 1.82) is 0 Å². The smallest absolute Gasteiger partial charge is 0.00289 e. The van der Waals surface area contributed by atoms with Gasteiger partial charge in [0.05, 0.1) is 0 Å². The van der Waals surface area contributed by atoms with Gasteiger partial charge in [0.1, 0.15) is 0 Å². The molecule has 4 atom stereocenters. The monoisotopic (exact) mass is 238 g/mol. The third kappa shape index (κ3) is 1.13. The standard InChI is InChI=1S/C8H15I/c1-5-6(2)8(4-9)7(5)3/h5-8H,4H2,1-3H3/t5?,6-,7+,8?. The summed E-state index contributed by atoms with van der Waals surface area (Å²) in [6, 6.07) is 0. The maximum Gasteiger partial charge on any atom is 0.00289 e. The van der Waals surface area contributed by atoms with E-state index in [-0.39, 0.29) is 0 Å². The molecule has 0 bridgehead atoms. The Balaban J connectivity index is 2.41. The van der Waals surface area contributed by atoms with E-state index in [1.165, 1.54) is 4.43 Å². The van der Waals surface area contributed by atoms with Crippen molar-refractivity contribution in [2.75, 3.05) is 4.43 Å². The van der Waals surface area contributed by atoms with Gasteiger partial charge in [-0.2, -0.15) is 0 Å². The Morgan fingerprint density at radius 3 is 1.67 bits per heavy atom. The van der Waals surface area contributed by atoms with Crippen LogP contribution < -0.4 is 0 Å². The van der Waals surface area contributed by atoms with Gasteiger partial charge in [0.25, 0.3) is 0 Å². The predicted molar refractivity (Wildman–Crippen MR) is 49.9 cm³/mol. The number of halogens is 1. The molecule has 1 aliphatic rings. The van der Waals surface area contributed by atoms with Crippen LogP contribution in [0.25, 0.3) is 0 Å². The normalized spacial score (nSPS) is 50.7. The number of rotatable bonds is 1. The average Bonchev–Trinajstić information content (AvgIpc) is 1.89. The Kier molecular flexibility index (Phi) is 2.41. The first-order valence-corrected chi connectivity index (χ1v) is 5.27. The molecule has 0 saturated heterocycles. The van der Waals surface area contributed by atoms with Gasteiger partial charge in [-0.25, -0.2) is 0 Å². The van der Waals surface area contributed by atoms with E-state index < -0.39 is 0 Å². The molecular weight excluding hydrogens is 223 g/mol. The van der Waals surface area contributed by atoms with E-state index in [0.717, 1.165) is 23.7 Å². The van der Waals surface area contributed by atoms with E-state index >= 15 is 0 Å². The minimum atomic E-state index is 0.977. The molecular formula is C8H15I. The molecule has 0 spiro atoms. The lowest BCUT2D eigenvalue weighted by atomic mass is 9.60. The Bertz CT molecular complexity index is 90.7. The second-order valence-corrected chi connectivity index (χ2v) is 4.28. The summed E-state index contributed by atoms with van der Waals surface area (Å²) >= 11 is 2.51. The summed E-state index contributed by atoms with van der Waals surface area (Å²) in [5.41, 5.74) is 0. The van der Waals surface area contributed by atoms with Gasteiger partial charge in [0.15, 0.2) is 0 Å². The highest BCUT2D eigenvalue weighted by Crippen LogP contribution is 2.45. The minimum Gasteiger partial charge on any atom is -0.0861 e. The first-order valence-electron chi connectivity index (χ1n) is 3.74. The summed E-state index contributed by atoms with van der Waals surface area (Å²) in [4.78, 5) is 0. The van der Waals surface area contributed by atoms with Crippen LogP contribution in [0.15, 0.2) is 0 Å². The number of hydrogen-bond donors (Lipinski definition) is 0. The van der Waals surface area contributed by atoms with Crippen molar-refractivity contribution in [2.45, 2.75) is 20.8 Å². The summed E-state index contributed by atoms with van der Waals surface area (Å²) in [6.07, 6.45) is 0. The van der Waals surface area contributed by atoms with Crippen LogP contribution in [0.4, 0.5) is 0 Å². The van der Waals surface area contributed by atoms with Crippen LogP contribution >= 0.6 is 22.6 Å². The minimum absolute atomic E-state index is 0.977. The third-order valence-corrected chi connectivity index (χ3v) is 4.20. The van der Waals surface area contributed by atoms with Gasteiger partial charge in [-0.3, -0.25) is 0 Å². The lowest BCUT2D eigenvalue weighted by Crippen LogP contribution is -2.42. The largest absolute Gasteiger partial charge is 0.0861 e. The van der Waals surface area contributed by atoms with Gasteiger partial charge in [0.2, 0.25) is 0 Å². The van der Waals surface area contributed by atoms with Crippen LogP contribution in [0, 0.1) is 23.7 Å². The van der Waals surface area contributed by atoms with E-state index in [1.807, 2.05) is 0 Å². The van der Waals surface area contributed by atoms with E-state index in [1.54, 1.807) is 0 Å². The van der Waals surface area contributed by atoms with E-state index in [0.29, 0.717) is 0 Å². The Morgan fingerprint density at radius 1 is 1.00 bits per heavy atom. The number of alkyl halides is 1. The van der Waals surface area contributed by atoms with Crippen molar-refractivity contribution in [3.05, 3.63) is 0 Å². The Labute approximate surface area is 71.5 Å². The molecule has 1 rings (SSSR count). The lowest BCUT2D eigenvalue weighted by Gasteiger charge is -2.47.